The summed E-state index contributed by atoms with van der Waals surface area (Å²) in [7, 11) is 0.575. The van der Waals surface area contributed by atoms with Crippen molar-refractivity contribution >= 4 is 32.8 Å². The Morgan fingerprint density at radius 3 is 2.32 bits per heavy atom. The summed E-state index contributed by atoms with van der Waals surface area (Å²) in [5.41, 5.74) is 2.91. The van der Waals surface area contributed by atoms with Crippen molar-refractivity contribution in [1.82, 2.24) is 13.8 Å². The average molecular weight is 397 g/mol. The molecule has 146 valence electrons. The number of aliphatic imine (C=N–C) groups is 1. The van der Waals surface area contributed by atoms with Crippen LogP contribution in [0.2, 0.25) is 0 Å². The van der Waals surface area contributed by atoms with Gasteiger partial charge in [-0.15, -0.1) is 0 Å². The van der Waals surface area contributed by atoms with E-state index in [-0.39, 0.29) is 0 Å². The van der Waals surface area contributed by atoms with Crippen LogP contribution in [0.4, 0.5) is 5.69 Å². The third kappa shape index (κ3) is 3.61. The lowest BCUT2D eigenvalue weighted by molar-refractivity contribution is 0.222. The lowest BCUT2D eigenvalue weighted by Crippen LogP contribution is -2.46. The van der Waals surface area contributed by atoms with E-state index in [4.69, 9.17) is 0 Å². The number of benzene rings is 2. The fourth-order valence-electron chi connectivity index (χ4n) is 3.50. The van der Waals surface area contributed by atoms with Gasteiger partial charge in [0.15, 0.2) is 0 Å². The third-order valence-corrected chi connectivity index (χ3v) is 7.13. The van der Waals surface area contributed by atoms with E-state index in [9.17, 15) is 8.42 Å². The monoisotopic (exact) mass is 396 g/mol. The fraction of sp³-hybridized carbons (Fsp3) is 0.286. The lowest BCUT2D eigenvalue weighted by Gasteiger charge is -2.31. The number of piperazine rings is 1. The Hall–Kier alpha value is -2.48. The highest BCUT2D eigenvalue weighted by molar-refractivity contribution is 7.89. The maximum Gasteiger partial charge on any atom is 0.243 e. The van der Waals surface area contributed by atoms with Gasteiger partial charge in [-0.3, -0.25) is 4.99 Å². The maximum absolute atomic E-state index is 12.8. The summed E-state index contributed by atoms with van der Waals surface area (Å²) in [6.45, 7) is 2.57. The summed E-state index contributed by atoms with van der Waals surface area (Å²) in [6, 6.07) is 15.0. The van der Waals surface area contributed by atoms with Gasteiger partial charge in [0, 0.05) is 62.1 Å². The minimum absolute atomic E-state index is 0.321. The van der Waals surface area contributed by atoms with Gasteiger partial charge in [-0.2, -0.15) is 4.31 Å². The van der Waals surface area contributed by atoms with E-state index in [1.165, 1.54) is 0 Å². The van der Waals surface area contributed by atoms with Crippen LogP contribution in [0.1, 0.15) is 5.56 Å². The van der Waals surface area contributed by atoms with Gasteiger partial charge in [-0.1, -0.05) is 18.2 Å². The molecule has 2 heterocycles. The van der Waals surface area contributed by atoms with Crippen molar-refractivity contribution in [2.24, 2.45) is 12.0 Å². The number of aryl methyl sites for hydroxylation is 1. The van der Waals surface area contributed by atoms with Crippen LogP contribution >= 0.6 is 0 Å². The second-order valence-corrected chi connectivity index (χ2v) is 9.11. The van der Waals surface area contributed by atoms with E-state index in [0.717, 1.165) is 35.2 Å². The van der Waals surface area contributed by atoms with Crippen LogP contribution in [0, 0.1) is 0 Å². The molecule has 1 aliphatic heterocycles. The molecular formula is C21H24N4O2S. The largest absolute Gasteiger partial charge is 0.350 e. The van der Waals surface area contributed by atoms with Gasteiger partial charge in [0.25, 0.3) is 0 Å². The smallest absolute Gasteiger partial charge is 0.243 e. The third-order valence-electron chi connectivity index (χ3n) is 5.22. The molecule has 1 aromatic heterocycles. The quantitative estimate of drug-likeness (QED) is 0.637. The van der Waals surface area contributed by atoms with E-state index < -0.39 is 10.0 Å². The summed E-state index contributed by atoms with van der Waals surface area (Å²) in [5.74, 6) is 0. The number of hydrogen-bond acceptors (Lipinski definition) is 4. The Morgan fingerprint density at radius 1 is 0.929 bits per heavy atom. The molecule has 0 spiro atoms. The average Bonchev–Trinajstić information content (AvgIpc) is 3.03. The molecule has 6 nitrogen and oxygen atoms in total. The molecule has 4 rings (SSSR count). The predicted octanol–water partition coefficient (Wildman–Crippen LogP) is 2.87. The first kappa shape index (κ1) is 18.9. The normalized spacial score (nSPS) is 16.9. The highest BCUT2D eigenvalue weighted by atomic mass is 32.2. The van der Waals surface area contributed by atoms with Crippen LogP contribution in [0.25, 0.3) is 10.9 Å². The fourth-order valence-corrected chi connectivity index (χ4v) is 4.92. The van der Waals surface area contributed by atoms with Crippen LogP contribution in [0.3, 0.4) is 0 Å². The molecule has 28 heavy (non-hydrogen) atoms. The first-order valence-corrected chi connectivity index (χ1v) is 10.8. The molecule has 0 atom stereocenters. The van der Waals surface area contributed by atoms with E-state index >= 15 is 0 Å². The van der Waals surface area contributed by atoms with E-state index in [1.807, 2.05) is 38.6 Å². The van der Waals surface area contributed by atoms with Crippen LogP contribution in [-0.4, -0.2) is 61.6 Å². The van der Waals surface area contributed by atoms with Crippen molar-refractivity contribution in [1.29, 1.82) is 0 Å². The van der Waals surface area contributed by atoms with Gasteiger partial charge >= 0.3 is 0 Å². The number of rotatable bonds is 4. The van der Waals surface area contributed by atoms with Crippen LogP contribution in [-0.2, 0) is 17.1 Å². The zero-order valence-electron chi connectivity index (χ0n) is 16.1. The number of fused-ring (bicyclic) bond motifs is 1. The van der Waals surface area contributed by atoms with Crippen LogP contribution in [0.15, 0.2) is 64.6 Å². The van der Waals surface area contributed by atoms with Crippen molar-refractivity contribution in [3.8, 4) is 0 Å². The molecule has 7 heteroatoms. The zero-order valence-corrected chi connectivity index (χ0v) is 16.9. The Balaban J connectivity index is 1.54. The van der Waals surface area contributed by atoms with Gasteiger partial charge < -0.3 is 9.47 Å². The lowest BCUT2D eigenvalue weighted by atomic mass is 10.2. The number of likely N-dealkylation sites (N-methyl/N-ethyl adjacent to an activating group) is 1. The SMILES string of the molecule is CN1CCN(S(=O)(=O)c2ccc(N=Cc3cn(C)c4ccccc34)cc2)CC1. The zero-order chi connectivity index (χ0) is 19.7. The van der Waals surface area contributed by atoms with Crippen LogP contribution in [0.5, 0.6) is 0 Å². The Kier molecular flexibility index (Phi) is 5.05. The van der Waals surface area contributed by atoms with Gasteiger partial charge in [0.2, 0.25) is 10.0 Å². The second-order valence-electron chi connectivity index (χ2n) is 7.17. The molecule has 2 aromatic carbocycles. The van der Waals surface area contributed by atoms with E-state index in [1.54, 1.807) is 28.6 Å². The maximum atomic E-state index is 12.8. The molecule has 0 radical (unpaired) electrons. The summed E-state index contributed by atoms with van der Waals surface area (Å²) in [4.78, 5) is 6.99. The second kappa shape index (κ2) is 7.50. The van der Waals surface area contributed by atoms with E-state index in [2.05, 4.69) is 26.6 Å². The number of para-hydroxylation sites is 1. The van der Waals surface area contributed by atoms with Gasteiger partial charge in [-0.25, -0.2) is 8.42 Å². The summed E-state index contributed by atoms with van der Waals surface area (Å²) < 4.78 is 29.2. The van der Waals surface area contributed by atoms with Crippen molar-refractivity contribution in [2.45, 2.75) is 4.90 Å². The Morgan fingerprint density at radius 2 is 1.61 bits per heavy atom. The number of nitrogens with zero attached hydrogens (tertiary/aromatic N) is 4. The highest BCUT2D eigenvalue weighted by Gasteiger charge is 2.27. The highest BCUT2D eigenvalue weighted by Crippen LogP contribution is 2.22. The predicted molar refractivity (Wildman–Crippen MR) is 113 cm³/mol. The van der Waals surface area contributed by atoms with E-state index in [0.29, 0.717) is 18.0 Å². The van der Waals surface area contributed by atoms with Crippen molar-refractivity contribution in [3.05, 3.63) is 60.3 Å². The Bertz CT molecular complexity index is 1110. The molecule has 0 amide bonds. The minimum Gasteiger partial charge on any atom is -0.350 e. The number of hydrogen-bond donors (Lipinski definition) is 0. The molecule has 0 N–H and O–H groups in total. The molecule has 0 bridgehead atoms. The molecule has 0 aliphatic carbocycles. The molecule has 1 fully saturated rings. The number of aromatic nitrogens is 1. The first-order chi connectivity index (χ1) is 13.4. The molecule has 3 aromatic rings. The van der Waals surface area contributed by atoms with Crippen molar-refractivity contribution in [3.63, 3.8) is 0 Å². The van der Waals surface area contributed by atoms with Crippen LogP contribution < -0.4 is 0 Å². The summed E-state index contributed by atoms with van der Waals surface area (Å²) in [5, 5.41) is 1.14. The van der Waals surface area contributed by atoms with Gasteiger partial charge in [-0.05, 0) is 37.4 Å². The molecule has 0 unspecified atom stereocenters. The standard InChI is InChI=1S/C21H24N4O2S/c1-23-11-13-25(14-12-23)28(26,27)19-9-7-18(8-10-19)22-15-17-16-24(2)21-6-4-3-5-20(17)21/h3-10,15-16H,11-14H2,1-2H3. The first-order valence-electron chi connectivity index (χ1n) is 9.32. The van der Waals surface area contributed by atoms with Crippen molar-refractivity contribution < 1.29 is 8.42 Å². The van der Waals surface area contributed by atoms with Gasteiger partial charge in [0.1, 0.15) is 0 Å². The topological polar surface area (TPSA) is 57.9 Å². The molecule has 0 saturated carbocycles. The van der Waals surface area contributed by atoms with Gasteiger partial charge in [0.05, 0.1) is 10.6 Å². The molecule has 1 saturated heterocycles. The molecule has 1 aliphatic rings. The minimum atomic E-state index is -3.44. The summed E-state index contributed by atoms with van der Waals surface area (Å²) >= 11 is 0. The summed E-state index contributed by atoms with van der Waals surface area (Å²) in [6.07, 6.45) is 3.87. The number of sulfonamides is 1. The Labute approximate surface area is 165 Å². The molecular weight excluding hydrogens is 372 g/mol. The van der Waals surface area contributed by atoms with Crippen molar-refractivity contribution in [2.75, 3.05) is 33.2 Å².